The van der Waals surface area contributed by atoms with Gasteiger partial charge in [0.2, 0.25) is 0 Å². The summed E-state index contributed by atoms with van der Waals surface area (Å²) in [7, 11) is 0. The zero-order valence-electron chi connectivity index (χ0n) is 8.90. The van der Waals surface area contributed by atoms with Crippen LogP contribution in [0.5, 0.6) is 5.75 Å². The van der Waals surface area contributed by atoms with Crippen LogP contribution in [0.4, 0.5) is 13.2 Å². The Hall–Kier alpha value is -1.74. The van der Waals surface area contributed by atoms with Crippen molar-refractivity contribution in [1.82, 2.24) is 0 Å². The fourth-order valence-corrected chi connectivity index (χ4v) is 1.28. The standard InChI is InChI=1S/C11H10F3NO2/c1-7(6-15)10(16)8-4-2-3-5-9(8)17-11(12,13)14/h2-5,7,10,16H,1H3. The number of hydrogen-bond donors (Lipinski definition) is 1. The number of alkyl halides is 3. The lowest BCUT2D eigenvalue weighted by molar-refractivity contribution is -0.275. The number of halogens is 3. The van der Waals surface area contributed by atoms with Gasteiger partial charge in [-0.15, -0.1) is 13.2 Å². The minimum atomic E-state index is -4.83. The molecular formula is C11H10F3NO2. The van der Waals surface area contributed by atoms with Crippen molar-refractivity contribution in [3.8, 4) is 11.8 Å². The fraction of sp³-hybridized carbons (Fsp3) is 0.364. The summed E-state index contributed by atoms with van der Waals surface area (Å²) >= 11 is 0. The summed E-state index contributed by atoms with van der Waals surface area (Å²) in [6.07, 6.45) is -6.15. The average Bonchev–Trinajstić information content (AvgIpc) is 2.25. The van der Waals surface area contributed by atoms with Gasteiger partial charge in [-0.1, -0.05) is 18.2 Å². The van der Waals surface area contributed by atoms with Gasteiger partial charge in [0.25, 0.3) is 0 Å². The Morgan fingerprint density at radius 3 is 2.47 bits per heavy atom. The molecule has 1 aromatic rings. The number of rotatable bonds is 3. The summed E-state index contributed by atoms with van der Waals surface area (Å²) in [6, 6.07) is 6.97. The molecule has 6 heteroatoms. The van der Waals surface area contributed by atoms with Gasteiger partial charge in [0.15, 0.2) is 0 Å². The smallest absolute Gasteiger partial charge is 0.405 e. The van der Waals surface area contributed by atoms with Crippen molar-refractivity contribution in [3.05, 3.63) is 29.8 Å². The Morgan fingerprint density at radius 1 is 1.35 bits per heavy atom. The lowest BCUT2D eigenvalue weighted by atomic mass is 9.98. The van der Waals surface area contributed by atoms with E-state index in [9.17, 15) is 18.3 Å². The number of benzene rings is 1. The number of aliphatic hydroxyl groups excluding tert-OH is 1. The number of aliphatic hydroxyl groups is 1. The predicted molar refractivity (Wildman–Crippen MR) is 52.9 cm³/mol. The van der Waals surface area contributed by atoms with Crippen LogP contribution in [0, 0.1) is 17.2 Å². The van der Waals surface area contributed by atoms with E-state index in [0.29, 0.717) is 0 Å². The van der Waals surface area contributed by atoms with E-state index in [0.717, 1.165) is 6.07 Å². The molecule has 0 bridgehead atoms. The number of para-hydroxylation sites is 1. The topological polar surface area (TPSA) is 53.2 Å². The molecular weight excluding hydrogens is 235 g/mol. The van der Waals surface area contributed by atoms with Crippen LogP contribution in [-0.4, -0.2) is 11.5 Å². The number of ether oxygens (including phenoxy) is 1. The van der Waals surface area contributed by atoms with Crippen LogP contribution in [0.2, 0.25) is 0 Å². The molecule has 2 atom stereocenters. The first-order valence-corrected chi connectivity index (χ1v) is 4.77. The quantitative estimate of drug-likeness (QED) is 0.890. The van der Waals surface area contributed by atoms with E-state index < -0.39 is 24.1 Å². The summed E-state index contributed by atoms with van der Waals surface area (Å²) in [4.78, 5) is 0. The second-order valence-electron chi connectivity index (χ2n) is 3.45. The van der Waals surface area contributed by atoms with E-state index in [1.807, 2.05) is 0 Å². The maximum absolute atomic E-state index is 12.1. The Balaban J connectivity index is 3.04. The zero-order chi connectivity index (χ0) is 13.1. The molecule has 92 valence electrons. The Bertz CT molecular complexity index is 425. The molecule has 0 amide bonds. The van der Waals surface area contributed by atoms with Gasteiger partial charge in [-0.3, -0.25) is 0 Å². The molecule has 0 aliphatic rings. The molecule has 0 heterocycles. The van der Waals surface area contributed by atoms with Gasteiger partial charge >= 0.3 is 6.36 Å². The van der Waals surface area contributed by atoms with E-state index in [2.05, 4.69) is 4.74 Å². The first kappa shape index (κ1) is 13.3. The Kier molecular flexibility index (Phi) is 3.97. The van der Waals surface area contributed by atoms with Gasteiger partial charge < -0.3 is 9.84 Å². The van der Waals surface area contributed by atoms with Gasteiger partial charge in [-0.2, -0.15) is 5.26 Å². The first-order chi connectivity index (χ1) is 7.85. The monoisotopic (exact) mass is 245 g/mol. The Labute approximate surface area is 96.1 Å². The van der Waals surface area contributed by atoms with Crippen molar-refractivity contribution in [1.29, 1.82) is 5.26 Å². The number of nitrogens with zero attached hydrogens (tertiary/aromatic N) is 1. The van der Waals surface area contributed by atoms with E-state index in [-0.39, 0.29) is 5.56 Å². The highest BCUT2D eigenvalue weighted by Gasteiger charge is 2.33. The average molecular weight is 245 g/mol. The molecule has 3 nitrogen and oxygen atoms in total. The van der Waals surface area contributed by atoms with Crippen LogP contribution < -0.4 is 4.74 Å². The summed E-state index contributed by atoms with van der Waals surface area (Å²) < 4.78 is 40.1. The Morgan fingerprint density at radius 2 is 1.94 bits per heavy atom. The minimum absolute atomic E-state index is 0.0566. The van der Waals surface area contributed by atoms with E-state index in [1.165, 1.54) is 25.1 Å². The molecule has 0 aliphatic carbocycles. The summed E-state index contributed by atoms with van der Waals surface area (Å²) in [5, 5.41) is 18.3. The highest BCUT2D eigenvalue weighted by atomic mass is 19.4. The van der Waals surface area contributed by atoms with Gasteiger partial charge in [0, 0.05) is 5.56 Å². The predicted octanol–water partition coefficient (Wildman–Crippen LogP) is 2.78. The van der Waals surface area contributed by atoms with Crippen molar-refractivity contribution < 1.29 is 23.0 Å². The molecule has 0 saturated heterocycles. The largest absolute Gasteiger partial charge is 0.573 e. The molecule has 0 fully saturated rings. The highest BCUT2D eigenvalue weighted by Crippen LogP contribution is 2.33. The number of nitriles is 1. The minimum Gasteiger partial charge on any atom is -0.405 e. The molecule has 0 radical (unpaired) electrons. The van der Waals surface area contributed by atoms with Crippen LogP contribution in [0.1, 0.15) is 18.6 Å². The van der Waals surface area contributed by atoms with Gasteiger partial charge in [0.1, 0.15) is 5.75 Å². The van der Waals surface area contributed by atoms with E-state index >= 15 is 0 Å². The lowest BCUT2D eigenvalue weighted by Crippen LogP contribution is -2.19. The molecule has 0 aliphatic heterocycles. The van der Waals surface area contributed by atoms with Gasteiger partial charge in [-0.05, 0) is 13.0 Å². The fourth-order valence-electron chi connectivity index (χ4n) is 1.28. The van der Waals surface area contributed by atoms with Gasteiger partial charge in [-0.25, -0.2) is 0 Å². The SMILES string of the molecule is CC(C#N)C(O)c1ccccc1OC(F)(F)F. The molecule has 1 rings (SSSR count). The molecule has 0 spiro atoms. The molecule has 17 heavy (non-hydrogen) atoms. The molecule has 2 unspecified atom stereocenters. The van der Waals surface area contributed by atoms with Crippen LogP contribution in [0.3, 0.4) is 0 Å². The molecule has 0 aromatic heterocycles. The van der Waals surface area contributed by atoms with Gasteiger partial charge in [0.05, 0.1) is 18.1 Å². The van der Waals surface area contributed by atoms with E-state index in [4.69, 9.17) is 5.26 Å². The third kappa shape index (κ3) is 3.64. The van der Waals surface area contributed by atoms with Crippen molar-refractivity contribution >= 4 is 0 Å². The van der Waals surface area contributed by atoms with Crippen molar-refractivity contribution in [2.24, 2.45) is 5.92 Å². The van der Waals surface area contributed by atoms with Crippen LogP contribution in [0.15, 0.2) is 24.3 Å². The third-order valence-electron chi connectivity index (χ3n) is 2.14. The van der Waals surface area contributed by atoms with E-state index in [1.54, 1.807) is 6.07 Å². The number of hydrogen-bond acceptors (Lipinski definition) is 3. The normalized spacial score (nSPS) is 14.8. The lowest BCUT2D eigenvalue weighted by Gasteiger charge is -2.18. The second-order valence-corrected chi connectivity index (χ2v) is 3.45. The second kappa shape index (κ2) is 5.06. The van der Waals surface area contributed by atoms with Crippen LogP contribution in [-0.2, 0) is 0 Å². The van der Waals surface area contributed by atoms with Crippen molar-refractivity contribution in [2.75, 3.05) is 0 Å². The third-order valence-corrected chi connectivity index (χ3v) is 2.14. The molecule has 1 N–H and O–H groups in total. The first-order valence-electron chi connectivity index (χ1n) is 4.77. The summed E-state index contributed by atoms with van der Waals surface area (Å²) in [5.41, 5.74) is -0.0566. The van der Waals surface area contributed by atoms with Crippen molar-refractivity contribution in [2.45, 2.75) is 19.4 Å². The summed E-state index contributed by atoms with van der Waals surface area (Å²) in [5.74, 6) is -1.32. The van der Waals surface area contributed by atoms with Crippen LogP contribution in [0.25, 0.3) is 0 Å². The maximum atomic E-state index is 12.1. The highest BCUT2D eigenvalue weighted by molar-refractivity contribution is 5.36. The molecule has 1 aromatic carbocycles. The van der Waals surface area contributed by atoms with Crippen molar-refractivity contribution in [3.63, 3.8) is 0 Å². The maximum Gasteiger partial charge on any atom is 0.573 e. The zero-order valence-corrected chi connectivity index (χ0v) is 8.90. The summed E-state index contributed by atoms with van der Waals surface area (Å²) in [6.45, 7) is 1.41. The molecule has 0 saturated carbocycles. The van der Waals surface area contributed by atoms with Crippen LogP contribution >= 0.6 is 0 Å².